The molecule has 0 aromatic heterocycles. The number of carbonyl (C=O) groups excluding carboxylic acids is 1. The molecule has 1 amide bonds. The Morgan fingerprint density at radius 3 is 2.46 bits per heavy atom. The van der Waals surface area contributed by atoms with Crippen LogP contribution in [0.25, 0.3) is 0 Å². The predicted molar refractivity (Wildman–Crippen MR) is 101 cm³/mol. The Hall–Kier alpha value is -1.46. The smallest absolute Gasteiger partial charge is 0.253 e. The number of rotatable bonds is 3. The van der Waals surface area contributed by atoms with Crippen molar-refractivity contribution < 1.29 is 14.3 Å². The molecule has 2 aliphatic heterocycles. The molecule has 1 atom stereocenters. The van der Waals surface area contributed by atoms with Crippen LogP contribution >= 0.6 is 0 Å². The summed E-state index contributed by atoms with van der Waals surface area (Å²) >= 11 is 0. The average molecular weight is 362 g/mol. The van der Waals surface area contributed by atoms with Crippen LogP contribution in [-0.2, 0) is 5.60 Å². The Morgan fingerprint density at radius 2 is 1.88 bits per heavy atom. The fourth-order valence-electron chi connectivity index (χ4n) is 4.32. The Morgan fingerprint density at radius 1 is 1.19 bits per heavy atom. The second-order valence-electron chi connectivity index (χ2n) is 8.52. The first-order chi connectivity index (χ1) is 12.3. The molecule has 0 aliphatic carbocycles. The summed E-state index contributed by atoms with van der Waals surface area (Å²) in [6.07, 6.45) is 4.57. The van der Waals surface area contributed by atoms with Gasteiger partial charge in [-0.25, -0.2) is 4.39 Å². The van der Waals surface area contributed by atoms with E-state index in [1.165, 1.54) is 38.1 Å². The quantitative estimate of drug-likeness (QED) is 0.896. The van der Waals surface area contributed by atoms with Gasteiger partial charge in [0.05, 0.1) is 5.60 Å². The lowest BCUT2D eigenvalue weighted by Crippen LogP contribution is -2.49. The van der Waals surface area contributed by atoms with Crippen LogP contribution < -0.4 is 0 Å². The molecular formula is C21H31FN2O2. The predicted octanol–water partition coefficient (Wildman–Crippen LogP) is 3.39. The van der Waals surface area contributed by atoms with Gasteiger partial charge >= 0.3 is 0 Å². The van der Waals surface area contributed by atoms with Gasteiger partial charge in [-0.15, -0.1) is 0 Å². The molecule has 5 heteroatoms. The maximum atomic E-state index is 14.3. The van der Waals surface area contributed by atoms with Crippen molar-refractivity contribution in [2.45, 2.75) is 58.1 Å². The number of piperidine rings is 2. The Labute approximate surface area is 156 Å². The van der Waals surface area contributed by atoms with Crippen LogP contribution in [0.4, 0.5) is 4.39 Å². The molecule has 1 aromatic rings. The first-order valence-corrected chi connectivity index (χ1v) is 9.81. The van der Waals surface area contributed by atoms with E-state index in [0.717, 1.165) is 31.8 Å². The molecule has 1 aromatic carbocycles. The van der Waals surface area contributed by atoms with Crippen molar-refractivity contribution in [3.8, 4) is 0 Å². The van der Waals surface area contributed by atoms with Gasteiger partial charge in [0, 0.05) is 36.8 Å². The van der Waals surface area contributed by atoms with Crippen molar-refractivity contribution in [3.05, 3.63) is 35.1 Å². The molecule has 0 saturated carbocycles. The summed E-state index contributed by atoms with van der Waals surface area (Å²) in [5.41, 5.74) is -0.678. The zero-order valence-electron chi connectivity index (χ0n) is 16.2. The van der Waals surface area contributed by atoms with E-state index in [1.807, 2.05) is 4.90 Å². The summed E-state index contributed by atoms with van der Waals surface area (Å²) < 4.78 is 14.3. The summed E-state index contributed by atoms with van der Waals surface area (Å²) in [6.45, 7) is 9.19. The third-order valence-electron chi connectivity index (χ3n) is 5.83. The van der Waals surface area contributed by atoms with Gasteiger partial charge in [-0.3, -0.25) is 9.69 Å². The monoisotopic (exact) mass is 362 g/mol. The molecule has 0 spiro atoms. The van der Waals surface area contributed by atoms with E-state index in [9.17, 15) is 14.3 Å². The van der Waals surface area contributed by atoms with Crippen molar-refractivity contribution in [2.24, 2.45) is 5.92 Å². The summed E-state index contributed by atoms with van der Waals surface area (Å²) in [6, 6.07) is 4.96. The minimum atomic E-state index is -1.25. The highest BCUT2D eigenvalue weighted by molar-refractivity contribution is 5.94. The number of halogens is 1. The molecule has 4 nitrogen and oxygen atoms in total. The van der Waals surface area contributed by atoms with Crippen molar-refractivity contribution in [1.29, 1.82) is 0 Å². The van der Waals surface area contributed by atoms with Crippen LogP contribution in [0, 0.1) is 11.7 Å². The van der Waals surface area contributed by atoms with Crippen LogP contribution in [0.15, 0.2) is 18.2 Å². The van der Waals surface area contributed by atoms with Gasteiger partial charge < -0.3 is 10.0 Å². The molecule has 1 N–H and O–H groups in total. The van der Waals surface area contributed by atoms with Crippen LogP contribution in [-0.4, -0.2) is 53.0 Å². The molecule has 2 aliphatic rings. The maximum Gasteiger partial charge on any atom is 0.253 e. The lowest BCUT2D eigenvalue weighted by atomic mass is 9.94. The second kappa shape index (κ2) is 7.65. The maximum absolute atomic E-state index is 14.3. The first kappa shape index (κ1) is 19.3. The molecular weight excluding hydrogens is 331 g/mol. The number of aliphatic hydroxyl groups is 1. The molecule has 0 unspecified atom stereocenters. The largest absolute Gasteiger partial charge is 0.386 e. The van der Waals surface area contributed by atoms with Crippen LogP contribution in [0.2, 0.25) is 0 Å². The van der Waals surface area contributed by atoms with E-state index in [2.05, 4.69) is 11.8 Å². The number of amides is 1. The third kappa shape index (κ3) is 4.26. The van der Waals surface area contributed by atoms with Gasteiger partial charge in [-0.2, -0.15) is 0 Å². The normalized spacial score (nSPS) is 23.3. The van der Waals surface area contributed by atoms with E-state index < -0.39 is 11.4 Å². The minimum Gasteiger partial charge on any atom is -0.386 e. The van der Waals surface area contributed by atoms with Crippen molar-refractivity contribution >= 4 is 5.91 Å². The fourth-order valence-corrected chi connectivity index (χ4v) is 4.32. The average Bonchev–Trinajstić information content (AvgIpc) is 2.60. The Balaban J connectivity index is 1.61. The van der Waals surface area contributed by atoms with E-state index >= 15 is 0 Å². The number of carbonyl (C=O) groups is 1. The van der Waals surface area contributed by atoms with Crippen molar-refractivity contribution in [2.75, 3.05) is 26.2 Å². The van der Waals surface area contributed by atoms with E-state index in [0.29, 0.717) is 11.6 Å². The highest BCUT2D eigenvalue weighted by Gasteiger charge is 2.30. The fraction of sp³-hybridized carbons (Fsp3) is 0.667. The number of nitrogens with zero attached hydrogens (tertiary/aromatic N) is 2. The van der Waals surface area contributed by atoms with E-state index in [4.69, 9.17) is 0 Å². The molecule has 0 radical (unpaired) electrons. The van der Waals surface area contributed by atoms with Gasteiger partial charge in [-0.1, -0.05) is 13.0 Å². The van der Waals surface area contributed by atoms with Gasteiger partial charge in [0.1, 0.15) is 5.82 Å². The lowest BCUT2D eigenvalue weighted by molar-refractivity contribution is 0.0539. The van der Waals surface area contributed by atoms with Crippen LogP contribution in [0.5, 0.6) is 0 Å². The number of likely N-dealkylation sites (tertiary alicyclic amines) is 2. The zero-order chi connectivity index (χ0) is 18.9. The van der Waals surface area contributed by atoms with Gasteiger partial charge in [0.15, 0.2) is 0 Å². The first-order valence-electron chi connectivity index (χ1n) is 9.81. The van der Waals surface area contributed by atoms with E-state index in [-0.39, 0.29) is 11.5 Å². The third-order valence-corrected chi connectivity index (χ3v) is 5.83. The molecule has 0 bridgehead atoms. The van der Waals surface area contributed by atoms with Gasteiger partial charge in [0.2, 0.25) is 0 Å². The lowest BCUT2D eigenvalue weighted by Gasteiger charge is -2.41. The standard InChI is InChI=1S/C21H31FN2O2/c1-15-5-4-10-24(14-15)17-8-11-23(12-9-17)20(25)16-6-7-18(19(22)13-16)21(2,3)26/h6-7,13,15,17,26H,4-5,8-12,14H2,1-3H3/t15-/m1/s1. The Kier molecular flexibility index (Phi) is 5.68. The molecule has 2 saturated heterocycles. The topological polar surface area (TPSA) is 43.8 Å². The summed E-state index contributed by atoms with van der Waals surface area (Å²) in [4.78, 5) is 17.2. The summed E-state index contributed by atoms with van der Waals surface area (Å²) in [5, 5.41) is 9.98. The highest BCUT2D eigenvalue weighted by Crippen LogP contribution is 2.26. The number of hydrogen-bond acceptors (Lipinski definition) is 3. The van der Waals surface area contributed by atoms with Gasteiger partial charge in [-0.05, 0) is 64.1 Å². The summed E-state index contributed by atoms with van der Waals surface area (Å²) in [5.74, 6) is 0.123. The van der Waals surface area contributed by atoms with E-state index in [1.54, 1.807) is 19.9 Å². The zero-order valence-corrected chi connectivity index (χ0v) is 16.2. The number of hydrogen-bond donors (Lipinski definition) is 1. The molecule has 2 fully saturated rings. The second-order valence-corrected chi connectivity index (χ2v) is 8.52. The Bertz CT molecular complexity index is 648. The highest BCUT2D eigenvalue weighted by atomic mass is 19.1. The molecule has 3 rings (SSSR count). The van der Waals surface area contributed by atoms with Crippen LogP contribution in [0.3, 0.4) is 0 Å². The SMILES string of the molecule is C[C@@H]1CCCN(C2CCN(C(=O)c3ccc(C(C)(C)O)c(F)c3)CC2)C1. The van der Waals surface area contributed by atoms with Crippen LogP contribution in [0.1, 0.15) is 62.4 Å². The molecule has 144 valence electrons. The van der Waals surface area contributed by atoms with Crippen molar-refractivity contribution in [1.82, 2.24) is 9.80 Å². The molecule has 2 heterocycles. The van der Waals surface area contributed by atoms with Crippen molar-refractivity contribution in [3.63, 3.8) is 0 Å². The summed E-state index contributed by atoms with van der Waals surface area (Å²) in [7, 11) is 0. The van der Waals surface area contributed by atoms with Gasteiger partial charge in [0.25, 0.3) is 5.91 Å². The minimum absolute atomic E-state index is 0.114. The number of benzene rings is 1. The molecule has 26 heavy (non-hydrogen) atoms.